The molecular formula is C25H27B3FN3O. The Morgan fingerprint density at radius 3 is 2.61 bits per heavy atom. The van der Waals surface area contributed by atoms with Gasteiger partial charge in [0.05, 0.1) is 10.9 Å². The van der Waals surface area contributed by atoms with Crippen LogP contribution in [0, 0.1) is 23.1 Å². The van der Waals surface area contributed by atoms with Crippen LogP contribution in [0.3, 0.4) is 0 Å². The second-order valence-corrected chi connectivity index (χ2v) is 10.6. The molecular weight excluding hydrogens is 410 g/mol. The molecule has 0 bridgehead atoms. The van der Waals surface area contributed by atoms with E-state index in [1.54, 1.807) is 10.6 Å². The predicted octanol–water partition coefficient (Wildman–Crippen LogP) is 1.63. The van der Waals surface area contributed by atoms with E-state index in [-0.39, 0.29) is 16.9 Å². The zero-order chi connectivity index (χ0) is 23.4. The Labute approximate surface area is 196 Å². The third kappa shape index (κ3) is 3.99. The van der Waals surface area contributed by atoms with E-state index >= 15 is 4.39 Å². The van der Waals surface area contributed by atoms with Gasteiger partial charge in [0.1, 0.15) is 29.4 Å². The summed E-state index contributed by atoms with van der Waals surface area (Å²) in [5, 5.41) is -0.130. The number of hydrogen-bond donors (Lipinski definition) is 0. The molecule has 0 radical (unpaired) electrons. The van der Waals surface area contributed by atoms with Crippen molar-refractivity contribution in [1.82, 2.24) is 9.55 Å². The predicted molar refractivity (Wildman–Crippen MR) is 140 cm³/mol. The molecule has 2 aromatic carbocycles. The lowest BCUT2D eigenvalue weighted by Crippen LogP contribution is -2.44. The summed E-state index contributed by atoms with van der Waals surface area (Å²) in [6, 6.07) is 11.0. The molecule has 1 fully saturated rings. The smallest absolute Gasteiger partial charge is 0.325 e. The largest absolute Gasteiger partial charge is 0.348 e. The Morgan fingerprint density at radius 1 is 1.12 bits per heavy atom. The van der Waals surface area contributed by atoms with E-state index in [0.717, 1.165) is 48.9 Å². The van der Waals surface area contributed by atoms with E-state index < -0.39 is 5.24 Å². The molecule has 0 atom stereocenters. The molecule has 164 valence electrons. The van der Waals surface area contributed by atoms with Crippen molar-refractivity contribution in [2.24, 2.45) is 5.41 Å². The van der Waals surface area contributed by atoms with Crippen LogP contribution in [0.1, 0.15) is 43.7 Å². The SMILES string of the molecule is BC(B)(B)n1c(=O)nc(N2CCCCc3c(C#CC4(C)CC4)cccc32)c2c(F)cccc21. The molecule has 2 heterocycles. The van der Waals surface area contributed by atoms with Gasteiger partial charge in [0.25, 0.3) is 0 Å². The fourth-order valence-electron chi connectivity index (χ4n) is 4.71. The number of rotatable bonds is 2. The highest BCUT2D eigenvalue weighted by atomic mass is 19.1. The summed E-state index contributed by atoms with van der Waals surface area (Å²) in [7, 11) is 5.81. The van der Waals surface area contributed by atoms with Crippen LogP contribution >= 0.6 is 0 Å². The normalized spacial score (nSPS) is 17.1. The van der Waals surface area contributed by atoms with Crippen LogP contribution in [-0.2, 0) is 11.7 Å². The first kappa shape index (κ1) is 21.9. The van der Waals surface area contributed by atoms with E-state index in [4.69, 9.17) is 0 Å². The average Bonchev–Trinajstić information content (AvgIpc) is 3.52. The number of nitrogens with zero attached hydrogens (tertiary/aromatic N) is 3. The quantitative estimate of drug-likeness (QED) is 0.452. The zero-order valence-corrected chi connectivity index (χ0v) is 19.8. The second-order valence-electron chi connectivity index (χ2n) is 10.6. The van der Waals surface area contributed by atoms with Gasteiger partial charge >= 0.3 is 5.69 Å². The van der Waals surface area contributed by atoms with Crippen molar-refractivity contribution in [3.63, 3.8) is 0 Å². The standard InChI is InChI=1S/C25H27B3FN3O/c1-24(13-14-24)12-11-16-6-4-9-19-17(16)7-2-3-15-31(19)22-21-18(29)8-5-10-20(21)32(23(33)30-22)25(26,27)28/h4-6,8-10H,2-3,7,13-15,26-28H2,1H3. The molecule has 5 rings (SSSR count). The Morgan fingerprint density at radius 2 is 1.88 bits per heavy atom. The molecule has 0 amide bonds. The average molecular weight is 437 g/mol. The lowest BCUT2D eigenvalue weighted by molar-refractivity contribution is 0.635. The number of hydrogen-bond acceptors (Lipinski definition) is 3. The molecule has 1 aliphatic carbocycles. The van der Waals surface area contributed by atoms with Gasteiger partial charge in [0.15, 0.2) is 5.82 Å². The molecule has 8 heteroatoms. The summed E-state index contributed by atoms with van der Waals surface area (Å²) in [5.74, 6) is 6.91. The minimum absolute atomic E-state index is 0.144. The highest BCUT2D eigenvalue weighted by Crippen LogP contribution is 2.44. The maximum absolute atomic E-state index is 15.3. The topological polar surface area (TPSA) is 38.1 Å². The summed E-state index contributed by atoms with van der Waals surface area (Å²) in [6.45, 7) is 2.88. The summed E-state index contributed by atoms with van der Waals surface area (Å²) >= 11 is 0. The Kier molecular flexibility index (Phi) is 5.19. The van der Waals surface area contributed by atoms with Crippen LogP contribution in [0.15, 0.2) is 41.2 Å². The number of aromatic nitrogens is 2. The van der Waals surface area contributed by atoms with E-state index in [1.165, 1.54) is 6.07 Å². The van der Waals surface area contributed by atoms with Crippen molar-refractivity contribution < 1.29 is 4.39 Å². The molecule has 0 unspecified atom stereocenters. The molecule has 0 saturated heterocycles. The summed E-state index contributed by atoms with van der Waals surface area (Å²) in [5.41, 5.74) is 3.52. The number of fused-ring (bicyclic) bond motifs is 2. The molecule has 4 nitrogen and oxygen atoms in total. The number of benzene rings is 2. The van der Waals surface area contributed by atoms with Gasteiger partial charge in [-0.1, -0.05) is 24.0 Å². The van der Waals surface area contributed by atoms with E-state index in [9.17, 15) is 4.79 Å². The number of halogens is 1. The number of anilines is 2. The van der Waals surface area contributed by atoms with Crippen LogP contribution in [0.4, 0.5) is 15.9 Å². The van der Waals surface area contributed by atoms with Gasteiger partial charge in [0.2, 0.25) is 0 Å². The molecule has 1 saturated carbocycles. The molecule has 1 aromatic heterocycles. The van der Waals surface area contributed by atoms with E-state index in [2.05, 4.69) is 29.8 Å². The Balaban J connectivity index is 1.74. The van der Waals surface area contributed by atoms with E-state index in [1.807, 2.05) is 46.6 Å². The third-order valence-corrected chi connectivity index (χ3v) is 6.77. The van der Waals surface area contributed by atoms with Crippen molar-refractivity contribution >= 4 is 45.9 Å². The maximum atomic E-state index is 15.3. The second kappa shape index (κ2) is 7.83. The molecule has 3 aromatic rings. The van der Waals surface area contributed by atoms with Gasteiger partial charge in [-0.3, -0.25) is 0 Å². The van der Waals surface area contributed by atoms with E-state index in [0.29, 0.717) is 23.3 Å². The summed E-state index contributed by atoms with van der Waals surface area (Å²) in [6.07, 6.45) is 5.16. The van der Waals surface area contributed by atoms with Gasteiger partial charge in [-0.2, -0.15) is 4.98 Å². The first-order valence-electron chi connectivity index (χ1n) is 11.8. The van der Waals surface area contributed by atoms with Crippen molar-refractivity contribution in [1.29, 1.82) is 0 Å². The molecule has 1 aliphatic heterocycles. The van der Waals surface area contributed by atoms with Crippen molar-refractivity contribution in [3.05, 3.63) is 63.8 Å². The minimum Gasteiger partial charge on any atom is -0.325 e. The van der Waals surface area contributed by atoms with Crippen molar-refractivity contribution in [2.75, 3.05) is 11.4 Å². The first-order valence-corrected chi connectivity index (χ1v) is 11.8. The van der Waals surface area contributed by atoms with Crippen molar-refractivity contribution in [3.8, 4) is 11.8 Å². The van der Waals surface area contributed by atoms with Crippen LogP contribution in [0.2, 0.25) is 0 Å². The summed E-state index contributed by atoms with van der Waals surface area (Å²) < 4.78 is 16.9. The Hall–Kier alpha value is -2.94. The Bertz CT molecular complexity index is 1380. The fourth-order valence-corrected chi connectivity index (χ4v) is 4.71. The fraction of sp³-hybridized carbons (Fsp3) is 0.360. The lowest BCUT2D eigenvalue weighted by Gasteiger charge is -2.29. The van der Waals surface area contributed by atoms with Crippen LogP contribution in [0.5, 0.6) is 0 Å². The first-order chi connectivity index (χ1) is 15.7. The summed E-state index contributed by atoms with van der Waals surface area (Å²) in [4.78, 5) is 19.7. The highest BCUT2D eigenvalue weighted by Gasteiger charge is 2.35. The van der Waals surface area contributed by atoms with Gasteiger partial charge in [-0.05, 0) is 74.1 Å². The third-order valence-electron chi connectivity index (χ3n) is 6.77. The monoisotopic (exact) mass is 437 g/mol. The van der Waals surface area contributed by atoms with Gasteiger partial charge in [-0.15, -0.1) is 0 Å². The van der Waals surface area contributed by atoms with Crippen LogP contribution < -0.4 is 10.6 Å². The van der Waals surface area contributed by atoms with Gasteiger partial charge < -0.3 is 9.47 Å². The maximum Gasteiger partial charge on any atom is 0.348 e. The highest BCUT2D eigenvalue weighted by molar-refractivity contribution is 6.56. The van der Waals surface area contributed by atoms with Crippen LogP contribution in [0.25, 0.3) is 10.9 Å². The lowest BCUT2D eigenvalue weighted by atomic mass is 9.49. The van der Waals surface area contributed by atoms with Crippen molar-refractivity contribution in [2.45, 2.75) is 44.3 Å². The van der Waals surface area contributed by atoms with Crippen LogP contribution in [-0.4, -0.2) is 39.6 Å². The minimum atomic E-state index is -0.521. The van der Waals surface area contributed by atoms with Gasteiger partial charge in [-0.25, -0.2) is 9.18 Å². The molecule has 33 heavy (non-hydrogen) atoms. The molecule has 0 N–H and O–H groups in total. The molecule has 0 spiro atoms. The van der Waals surface area contributed by atoms with Gasteiger partial charge in [0, 0.05) is 23.2 Å². The molecule has 2 aliphatic rings. The zero-order valence-electron chi connectivity index (χ0n) is 19.8.